The minimum Gasteiger partial charge on any atom is -0.489 e. The Kier molecular flexibility index (Phi) is 7.31. The molecule has 1 fully saturated rings. The minimum atomic E-state index is -3.81. The van der Waals surface area contributed by atoms with Crippen molar-refractivity contribution in [1.82, 2.24) is 14.1 Å². The van der Waals surface area contributed by atoms with Gasteiger partial charge >= 0.3 is 5.97 Å². The Balaban J connectivity index is 1.54. The van der Waals surface area contributed by atoms with Crippen LogP contribution in [0.1, 0.15) is 62.7 Å². The van der Waals surface area contributed by atoms with E-state index in [9.17, 15) is 13.2 Å². The molecule has 0 amide bonds. The second kappa shape index (κ2) is 10.0. The van der Waals surface area contributed by atoms with E-state index >= 15 is 0 Å². The number of nitrogens with zero attached hydrogens (tertiary/aromatic N) is 3. The normalized spacial score (nSPS) is 19.0. The third-order valence-corrected chi connectivity index (χ3v) is 8.59. The number of sulfonamides is 1. The molecule has 8 nitrogen and oxygen atoms in total. The number of aromatic nitrogens is 2. The molecule has 33 heavy (non-hydrogen) atoms. The van der Waals surface area contributed by atoms with Crippen LogP contribution in [-0.2, 0) is 32.5 Å². The van der Waals surface area contributed by atoms with Gasteiger partial charge in [-0.15, -0.1) is 0 Å². The van der Waals surface area contributed by atoms with Crippen LogP contribution in [0, 0.1) is 0 Å². The van der Waals surface area contributed by atoms with Crippen molar-refractivity contribution in [2.24, 2.45) is 0 Å². The van der Waals surface area contributed by atoms with E-state index in [4.69, 9.17) is 21.1 Å². The SMILES string of the molecule is CCOC(=O)Cn1ncc2c1CCC[C@H]2N(C)S(=O)(=O)c1ccc(OC2CCCC2)c(Cl)c1. The standard InChI is InChI=1S/C23H30ClN3O5S/c1-3-31-23(28)15-27-21-10-6-9-20(18(21)14-25-27)26(2)33(29,30)17-11-12-22(19(24)13-17)32-16-7-4-5-8-16/h11-14,16,20H,3-10,15H2,1-2H3/t20-/m1/s1. The summed E-state index contributed by atoms with van der Waals surface area (Å²) in [5, 5.41) is 4.63. The third-order valence-electron chi connectivity index (χ3n) is 6.43. The van der Waals surface area contributed by atoms with Crippen LogP contribution in [0.4, 0.5) is 0 Å². The van der Waals surface area contributed by atoms with Crippen molar-refractivity contribution in [1.29, 1.82) is 0 Å². The van der Waals surface area contributed by atoms with Crippen LogP contribution in [0.3, 0.4) is 0 Å². The fraction of sp³-hybridized carbons (Fsp3) is 0.565. The lowest BCUT2D eigenvalue weighted by molar-refractivity contribution is -0.144. The Morgan fingerprint density at radius 2 is 2.00 bits per heavy atom. The summed E-state index contributed by atoms with van der Waals surface area (Å²) in [4.78, 5) is 12.0. The van der Waals surface area contributed by atoms with Crippen molar-refractivity contribution < 1.29 is 22.7 Å². The summed E-state index contributed by atoms with van der Waals surface area (Å²) < 4.78 is 40.9. The molecule has 0 N–H and O–H groups in total. The summed E-state index contributed by atoms with van der Waals surface area (Å²) in [6.07, 6.45) is 8.26. The number of esters is 1. The largest absolute Gasteiger partial charge is 0.489 e. The quantitative estimate of drug-likeness (QED) is 0.512. The molecule has 0 saturated heterocycles. The Morgan fingerprint density at radius 1 is 1.24 bits per heavy atom. The van der Waals surface area contributed by atoms with E-state index in [1.54, 1.807) is 37.0 Å². The maximum Gasteiger partial charge on any atom is 0.327 e. The first kappa shape index (κ1) is 24.0. The molecule has 1 aromatic heterocycles. The number of hydrogen-bond acceptors (Lipinski definition) is 6. The van der Waals surface area contributed by atoms with Gasteiger partial charge in [0.05, 0.1) is 34.9 Å². The number of fused-ring (bicyclic) bond motifs is 1. The third kappa shape index (κ3) is 5.05. The Labute approximate surface area is 199 Å². The zero-order chi connectivity index (χ0) is 23.6. The molecular formula is C23H30ClN3O5S. The maximum absolute atomic E-state index is 13.4. The molecule has 2 aromatic rings. The number of hydrogen-bond donors (Lipinski definition) is 0. The van der Waals surface area contributed by atoms with Gasteiger partial charge in [0.1, 0.15) is 12.3 Å². The molecule has 0 unspecified atom stereocenters. The predicted molar refractivity (Wildman–Crippen MR) is 124 cm³/mol. The molecule has 180 valence electrons. The van der Waals surface area contributed by atoms with E-state index in [-0.39, 0.29) is 29.6 Å². The first-order valence-electron chi connectivity index (χ1n) is 11.5. The number of rotatable bonds is 8. The van der Waals surface area contributed by atoms with Crippen LogP contribution in [0.25, 0.3) is 0 Å². The molecule has 2 aliphatic carbocycles. The first-order chi connectivity index (χ1) is 15.8. The van der Waals surface area contributed by atoms with Crippen LogP contribution < -0.4 is 4.74 Å². The van der Waals surface area contributed by atoms with E-state index in [1.807, 2.05) is 0 Å². The van der Waals surface area contributed by atoms with Crippen LogP contribution in [0.2, 0.25) is 5.02 Å². The molecule has 10 heteroatoms. The average Bonchev–Trinajstić information content (AvgIpc) is 3.45. The summed E-state index contributed by atoms with van der Waals surface area (Å²) in [5.41, 5.74) is 1.70. The van der Waals surface area contributed by atoms with Crippen molar-refractivity contribution in [3.05, 3.63) is 40.7 Å². The lowest BCUT2D eigenvalue weighted by Crippen LogP contribution is -2.33. The van der Waals surface area contributed by atoms with Gasteiger partial charge in [0.25, 0.3) is 0 Å². The zero-order valence-corrected chi connectivity index (χ0v) is 20.6. The van der Waals surface area contributed by atoms with Gasteiger partial charge in [-0.25, -0.2) is 8.42 Å². The molecule has 0 bridgehead atoms. The smallest absolute Gasteiger partial charge is 0.327 e. The molecule has 0 spiro atoms. The van der Waals surface area contributed by atoms with E-state index in [2.05, 4.69) is 5.10 Å². The lowest BCUT2D eigenvalue weighted by Gasteiger charge is -2.31. The van der Waals surface area contributed by atoms with E-state index in [1.165, 1.54) is 10.4 Å². The summed E-state index contributed by atoms with van der Waals surface area (Å²) in [6.45, 7) is 2.08. The van der Waals surface area contributed by atoms with Crippen LogP contribution in [0.5, 0.6) is 5.75 Å². The minimum absolute atomic E-state index is 0.0183. The van der Waals surface area contributed by atoms with Gasteiger partial charge in [-0.05, 0) is 70.1 Å². The molecule has 2 aliphatic rings. The Bertz CT molecular complexity index is 1110. The van der Waals surface area contributed by atoms with Crippen molar-refractivity contribution in [2.45, 2.75) is 75.5 Å². The van der Waals surface area contributed by atoms with Gasteiger partial charge in [-0.1, -0.05) is 11.6 Å². The highest BCUT2D eigenvalue weighted by molar-refractivity contribution is 7.89. The van der Waals surface area contributed by atoms with Gasteiger partial charge < -0.3 is 9.47 Å². The van der Waals surface area contributed by atoms with Gasteiger partial charge in [-0.2, -0.15) is 9.40 Å². The lowest BCUT2D eigenvalue weighted by atomic mass is 9.93. The predicted octanol–water partition coefficient (Wildman–Crippen LogP) is 4.12. The second-order valence-electron chi connectivity index (χ2n) is 8.56. The van der Waals surface area contributed by atoms with Crippen LogP contribution in [-0.4, -0.2) is 48.2 Å². The van der Waals surface area contributed by atoms with Crippen molar-refractivity contribution in [3.63, 3.8) is 0 Å². The van der Waals surface area contributed by atoms with Gasteiger partial charge in [0.15, 0.2) is 0 Å². The van der Waals surface area contributed by atoms with Gasteiger partial charge in [0.2, 0.25) is 10.0 Å². The molecule has 1 heterocycles. The van der Waals surface area contributed by atoms with Gasteiger partial charge in [-0.3, -0.25) is 9.48 Å². The first-order valence-corrected chi connectivity index (χ1v) is 13.3. The van der Waals surface area contributed by atoms with E-state index < -0.39 is 10.0 Å². The molecular weight excluding hydrogens is 466 g/mol. The van der Waals surface area contributed by atoms with Gasteiger partial charge in [0, 0.05) is 18.3 Å². The number of carbonyl (C=O) groups excluding carboxylic acids is 1. The molecule has 0 aliphatic heterocycles. The van der Waals surface area contributed by atoms with E-state index in [0.29, 0.717) is 23.8 Å². The molecule has 1 saturated carbocycles. The fourth-order valence-electron chi connectivity index (χ4n) is 4.70. The highest BCUT2D eigenvalue weighted by Crippen LogP contribution is 2.38. The van der Waals surface area contributed by atoms with Crippen molar-refractivity contribution >= 4 is 27.6 Å². The number of benzene rings is 1. The number of halogens is 1. The number of ether oxygens (including phenoxy) is 2. The Morgan fingerprint density at radius 3 is 2.70 bits per heavy atom. The highest BCUT2D eigenvalue weighted by Gasteiger charge is 2.34. The second-order valence-corrected chi connectivity index (χ2v) is 11.0. The van der Waals surface area contributed by atoms with E-state index in [0.717, 1.165) is 49.8 Å². The zero-order valence-electron chi connectivity index (χ0n) is 19.0. The average molecular weight is 496 g/mol. The molecule has 4 rings (SSSR count). The summed E-state index contributed by atoms with van der Waals surface area (Å²) >= 11 is 6.40. The summed E-state index contributed by atoms with van der Waals surface area (Å²) in [6, 6.07) is 4.29. The fourth-order valence-corrected chi connectivity index (χ4v) is 6.38. The molecule has 1 aromatic carbocycles. The topological polar surface area (TPSA) is 90.7 Å². The molecule has 1 atom stereocenters. The van der Waals surface area contributed by atoms with Crippen LogP contribution >= 0.6 is 11.6 Å². The summed E-state index contributed by atoms with van der Waals surface area (Å²) in [5.74, 6) is 0.159. The monoisotopic (exact) mass is 495 g/mol. The summed E-state index contributed by atoms with van der Waals surface area (Å²) in [7, 11) is -2.23. The van der Waals surface area contributed by atoms with Crippen LogP contribution in [0.15, 0.2) is 29.3 Å². The van der Waals surface area contributed by atoms with Crippen molar-refractivity contribution in [2.75, 3.05) is 13.7 Å². The Hall–Kier alpha value is -2.10. The molecule has 0 radical (unpaired) electrons. The maximum atomic E-state index is 13.4. The number of carbonyl (C=O) groups is 1. The van der Waals surface area contributed by atoms with Crippen molar-refractivity contribution in [3.8, 4) is 5.75 Å². The highest BCUT2D eigenvalue weighted by atomic mass is 35.5.